The molecule has 5 nitrogen and oxygen atoms in total. The van der Waals surface area contributed by atoms with E-state index in [2.05, 4.69) is 11.8 Å². The lowest BCUT2D eigenvalue weighted by molar-refractivity contribution is -0.206. The summed E-state index contributed by atoms with van der Waals surface area (Å²) in [6.07, 6.45) is 0.618. The van der Waals surface area contributed by atoms with E-state index >= 15 is 0 Å². The quantitative estimate of drug-likeness (QED) is 0.412. The maximum Gasteiger partial charge on any atom is 0.115 e. The Morgan fingerprint density at radius 2 is 1.75 bits per heavy atom. The third kappa shape index (κ3) is 7.12. The van der Waals surface area contributed by atoms with Crippen LogP contribution in [-0.4, -0.2) is 26.3 Å². The molecule has 0 heterocycles. The van der Waals surface area contributed by atoms with E-state index in [0.717, 1.165) is 0 Å². The van der Waals surface area contributed by atoms with E-state index in [9.17, 15) is 4.89 Å². The molecular formula is C5H14N2O3PS-. The lowest BCUT2D eigenvalue weighted by Gasteiger charge is -2.26. The standard InChI is InChI=1S/C5H15N2O3PS/c6-2-1-4-9-11(8,12)10-5-3-7/h1-7H2,(H,8,12)/p-1. The molecule has 0 aliphatic carbocycles. The summed E-state index contributed by atoms with van der Waals surface area (Å²) in [5.41, 5.74) is 10.3. The number of hydrogen-bond acceptors (Lipinski definition) is 6. The molecule has 0 amide bonds. The van der Waals surface area contributed by atoms with Gasteiger partial charge in [0.2, 0.25) is 0 Å². The predicted molar refractivity (Wildman–Crippen MR) is 48.9 cm³/mol. The number of hydrogen-bond donors (Lipinski definition) is 2. The maximum atomic E-state index is 11.1. The van der Waals surface area contributed by atoms with Gasteiger partial charge in [-0.25, -0.2) is 0 Å². The first-order chi connectivity index (χ1) is 5.62. The molecule has 1 unspecified atom stereocenters. The molecule has 0 rings (SSSR count). The molecule has 0 aliphatic rings. The molecule has 0 radical (unpaired) electrons. The van der Waals surface area contributed by atoms with E-state index in [0.29, 0.717) is 13.0 Å². The molecule has 0 saturated heterocycles. The Hall–Kier alpha value is 0.450. The van der Waals surface area contributed by atoms with Gasteiger partial charge in [0.05, 0.1) is 13.2 Å². The zero-order valence-corrected chi connectivity index (χ0v) is 8.48. The van der Waals surface area contributed by atoms with E-state index in [4.69, 9.17) is 20.5 Å². The summed E-state index contributed by atoms with van der Waals surface area (Å²) in [5.74, 6) is 0. The average molecular weight is 213 g/mol. The van der Waals surface area contributed by atoms with Crippen molar-refractivity contribution < 1.29 is 13.9 Å². The Kier molecular flexibility index (Phi) is 7.17. The first kappa shape index (κ1) is 12.4. The first-order valence-electron chi connectivity index (χ1n) is 3.62. The Balaban J connectivity index is 3.49. The molecule has 0 aromatic heterocycles. The molecule has 0 spiro atoms. The van der Waals surface area contributed by atoms with Crippen LogP contribution in [0.1, 0.15) is 6.42 Å². The van der Waals surface area contributed by atoms with Gasteiger partial charge in [0, 0.05) is 6.54 Å². The van der Waals surface area contributed by atoms with Crippen molar-refractivity contribution in [2.24, 2.45) is 11.5 Å². The summed E-state index contributed by atoms with van der Waals surface area (Å²) in [4.78, 5) is 11.1. The minimum absolute atomic E-state index is 0.156. The van der Waals surface area contributed by atoms with Crippen LogP contribution in [0.15, 0.2) is 0 Å². The van der Waals surface area contributed by atoms with E-state index < -0.39 is 6.72 Å². The van der Waals surface area contributed by atoms with Gasteiger partial charge >= 0.3 is 0 Å². The highest BCUT2D eigenvalue weighted by Crippen LogP contribution is 2.38. The predicted octanol–water partition coefficient (Wildman–Crippen LogP) is -1.09. The van der Waals surface area contributed by atoms with Crippen LogP contribution in [0.3, 0.4) is 0 Å². The van der Waals surface area contributed by atoms with Gasteiger partial charge in [-0.15, -0.1) is 0 Å². The molecule has 0 bridgehead atoms. The average Bonchev–Trinajstić information content (AvgIpc) is 2.01. The summed E-state index contributed by atoms with van der Waals surface area (Å²) >= 11 is 4.54. The van der Waals surface area contributed by atoms with Crippen LogP contribution in [-0.2, 0) is 20.9 Å². The lowest BCUT2D eigenvalue weighted by atomic mass is 10.5. The Morgan fingerprint density at radius 3 is 2.25 bits per heavy atom. The van der Waals surface area contributed by atoms with E-state index in [1.807, 2.05) is 0 Å². The van der Waals surface area contributed by atoms with Gasteiger partial charge in [-0.05, 0) is 13.0 Å². The minimum Gasteiger partial charge on any atom is -0.780 e. The molecule has 1 atom stereocenters. The third-order valence-electron chi connectivity index (χ3n) is 0.965. The highest BCUT2D eigenvalue weighted by Gasteiger charge is 2.01. The van der Waals surface area contributed by atoms with Crippen molar-refractivity contribution in [3.63, 3.8) is 0 Å². The van der Waals surface area contributed by atoms with Crippen LogP contribution < -0.4 is 16.4 Å². The zero-order valence-electron chi connectivity index (χ0n) is 6.77. The number of nitrogens with two attached hydrogens (primary N) is 2. The molecule has 0 aromatic carbocycles. The van der Waals surface area contributed by atoms with Crippen LogP contribution >= 0.6 is 6.72 Å². The van der Waals surface area contributed by atoms with Crippen molar-refractivity contribution in [2.45, 2.75) is 6.42 Å². The van der Waals surface area contributed by atoms with Gasteiger partial charge in [-0.1, -0.05) is 11.8 Å². The number of rotatable bonds is 7. The lowest BCUT2D eigenvalue weighted by Crippen LogP contribution is -2.15. The van der Waals surface area contributed by atoms with Crippen molar-refractivity contribution in [2.75, 3.05) is 26.3 Å². The summed E-state index contributed by atoms with van der Waals surface area (Å²) < 4.78 is 9.49. The summed E-state index contributed by atoms with van der Waals surface area (Å²) in [7, 11) is 0. The second kappa shape index (κ2) is 6.91. The van der Waals surface area contributed by atoms with Gasteiger partial charge in [-0.3, -0.25) is 0 Å². The van der Waals surface area contributed by atoms with Gasteiger partial charge in [-0.2, -0.15) is 0 Å². The molecule has 0 fully saturated rings. The summed E-state index contributed by atoms with van der Waals surface area (Å²) in [5, 5.41) is 0. The van der Waals surface area contributed by atoms with E-state index in [1.54, 1.807) is 0 Å². The molecule has 0 aromatic rings. The molecule has 0 aliphatic heterocycles. The fraction of sp³-hybridized carbons (Fsp3) is 1.00. The Morgan fingerprint density at radius 1 is 1.17 bits per heavy atom. The van der Waals surface area contributed by atoms with E-state index in [1.165, 1.54) is 0 Å². The SMILES string of the molecule is NCCCOP([O-])(=S)OCCN. The smallest absolute Gasteiger partial charge is 0.115 e. The van der Waals surface area contributed by atoms with Gasteiger partial charge in [0.15, 0.2) is 0 Å². The maximum absolute atomic E-state index is 11.1. The summed E-state index contributed by atoms with van der Waals surface area (Å²) in [6, 6.07) is 0. The van der Waals surface area contributed by atoms with Gasteiger partial charge in [0.1, 0.15) is 6.72 Å². The van der Waals surface area contributed by atoms with E-state index in [-0.39, 0.29) is 19.8 Å². The topological polar surface area (TPSA) is 93.6 Å². The van der Waals surface area contributed by atoms with Crippen molar-refractivity contribution in [3.8, 4) is 0 Å². The molecule has 4 N–H and O–H groups in total. The van der Waals surface area contributed by atoms with Crippen LogP contribution in [0.25, 0.3) is 0 Å². The zero-order chi connectivity index (χ0) is 9.45. The molecule has 0 saturated carbocycles. The molecular weight excluding hydrogens is 199 g/mol. The second-order valence-corrected chi connectivity index (χ2v) is 4.80. The first-order valence-corrected chi connectivity index (χ1v) is 6.18. The molecule has 12 heavy (non-hydrogen) atoms. The van der Waals surface area contributed by atoms with Gasteiger partial charge < -0.3 is 25.4 Å². The molecule has 7 heteroatoms. The van der Waals surface area contributed by atoms with Crippen LogP contribution in [0.5, 0.6) is 0 Å². The van der Waals surface area contributed by atoms with Crippen molar-refractivity contribution in [3.05, 3.63) is 0 Å². The monoisotopic (exact) mass is 213 g/mol. The van der Waals surface area contributed by atoms with Crippen molar-refractivity contribution in [1.82, 2.24) is 0 Å². The Bertz CT molecular complexity index is 158. The highest BCUT2D eigenvalue weighted by atomic mass is 32.5. The van der Waals surface area contributed by atoms with Crippen LogP contribution in [0.2, 0.25) is 0 Å². The minimum atomic E-state index is -3.29. The fourth-order valence-electron chi connectivity index (χ4n) is 0.461. The second-order valence-electron chi connectivity index (χ2n) is 2.04. The third-order valence-corrected chi connectivity index (χ3v) is 2.60. The van der Waals surface area contributed by atoms with Crippen molar-refractivity contribution in [1.29, 1.82) is 0 Å². The highest BCUT2D eigenvalue weighted by molar-refractivity contribution is 8.06. The Labute approximate surface area is 77.3 Å². The van der Waals surface area contributed by atoms with Gasteiger partial charge in [0.25, 0.3) is 0 Å². The normalized spacial score (nSPS) is 15.9. The van der Waals surface area contributed by atoms with Crippen LogP contribution in [0.4, 0.5) is 0 Å². The largest absolute Gasteiger partial charge is 0.780 e. The molecule has 74 valence electrons. The summed E-state index contributed by atoms with van der Waals surface area (Å²) in [6.45, 7) is -2.11. The van der Waals surface area contributed by atoms with Crippen molar-refractivity contribution >= 4 is 18.5 Å². The fourth-order valence-corrected chi connectivity index (χ4v) is 1.66. The van der Waals surface area contributed by atoms with Crippen LogP contribution in [0, 0.1) is 0 Å².